The van der Waals surface area contributed by atoms with E-state index in [-0.39, 0.29) is 23.8 Å². The quantitative estimate of drug-likeness (QED) is 0.914. The third-order valence-electron chi connectivity index (χ3n) is 3.58. The summed E-state index contributed by atoms with van der Waals surface area (Å²) in [6.07, 6.45) is 1.28. The zero-order chi connectivity index (χ0) is 14.7. The first kappa shape index (κ1) is 14.6. The van der Waals surface area contributed by atoms with Crippen LogP contribution < -0.4 is 10.2 Å². The molecule has 0 aliphatic carbocycles. The lowest BCUT2D eigenvalue weighted by molar-refractivity contribution is -0.126. The van der Waals surface area contributed by atoms with Crippen molar-refractivity contribution in [1.29, 1.82) is 0 Å². The molecule has 1 atom stereocenters. The van der Waals surface area contributed by atoms with Gasteiger partial charge in [-0.25, -0.2) is 0 Å². The van der Waals surface area contributed by atoms with Gasteiger partial charge in [-0.15, -0.1) is 0 Å². The van der Waals surface area contributed by atoms with Crippen LogP contribution in [0.5, 0.6) is 0 Å². The molecular formula is C16H22N2O2. The molecule has 4 heteroatoms. The first-order valence-electron chi connectivity index (χ1n) is 7.21. The average molecular weight is 274 g/mol. The van der Waals surface area contributed by atoms with Crippen LogP contribution in [0, 0.1) is 5.92 Å². The molecule has 2 amide bonds. The molecule has 1 aliphatic rings. The van der Waals surface area contributed by atoms with Gasteiger partial charge >= 0.3 is 0 Å². The van der Waals surface area contributed by atoms with Crippen molar-refractivity contribution in [2.75, 3.05) is 11.4 Å². The molecule has 108 valence electrons. The number of nitrogens with zero attached hydrogens (tertiary/aromatic N) is 1. The van der Waals surface area contributed by atoms with E-state index in [0.717, 1.165) is 12.1 Å². The van der Waals surface area contributed by atoms with Gasteiger partial charge in [0.15, 0.2) is 0 Å². The minimum absolute atomic E-state index is 0.0261. The highest BCUT2D eigenvalue weighted by Crippen LogP contribution is 2.25. The molecule has 0 saturated carbocycles. The Bertz CT molecular complexity index is 494. The lowest BCUT2D eigenvalue weighted by Gasteiger charge is -2.17. The third kappa shape index (κ3) is 3.18. The molecule has 1 unspecified atom stereocenters. The molecule has 0 bridgehead atoms. The predicted octanol–water partition coefficient (Wildman–Crippen LogP) is 2.13. The summed E-state index contributed by atoms with van der Waals surface area (Å²) in [5.41, 5.74) is 2.13. The van der Waals surface area contributed by atoms with E-state index >= 15 is 0 Å². The van der Waals surface area contributed by atoms with Crippen molar-refractivity contribution in [2.45, 2.75) is 39.7 Å². The number of carbonyl (C=O) groups is 2. The summed E-state index contributed by atoms with van der Waals surface area (Å²) in [4.78, 5) is 25.8. The van der Waals surface area contributed by atoms with E-state index in [0.29, 0.717) is 13.0 Å². The van der Waals surface area contributed by atoms with E-state index in [1.165, 1.54) is 5.56 Å². The molecule has 1 aromatic carbocycles. The lowest BCUT2D eigenvalue weighted by atomic mass is 10.1. The molecule has 1 N–H and O–H groups in total. The smallest absolute Gasteiger partial charge is 0.227 e. The second-order valence-electron chi connectivity index (χ2n) is 5.59. The van der Waals surface area contributed by atoms with Crippen LogP contribution in [0.4, 0.5) is 5.69 Å². The molecule has 4 nitrogen and oxygen atoms in total. The summed E-state index contributed by atoms with van der Waals surface area (Å²) in [7, 11) is 0. The van der Waals surface area contributed by atoms with Crippen LogP contribution in [-0.2, 0) is 16.0 Å². The Morgan fingerprint density at radius 3 is 2.55 bits per heavy atom. The van der Waals surface area contributed by atoms with Gasteiger partial charge in [0, 0.05) is 24.7 Å². The number of hydrogen-bond donors (Lipinski definition) is 1. The SMILES string of the molecule is CCc1ccc(N2CC(C(=O)NC(C)C)CC2=O)cc1. The van der Waals surface area contributed by atoms with Crippen molar-refractivity contribution in [1.82, 2.24) is 5.32 Å². The summed E-state index contributed by atoms with van der Waals surface area (Å²) in [5, 5.41) is 2.88. The summed E-state index contributed by atoms with van der Waals surface area (Å²) in [5.74, 6) is -0.241. The van der Waals surface area contributed by atoms with Gasteiger partial charge in [0.1, 0.15) is 0 Å². The lowest BCUT2D eigenvalue weighted by Crippen LogP contribution is -2.36. The average Bonchev–Trinajstić information content (AvgIpc) is 2.80. The van der Waals surface area contributed by atoms with Crippen LogP contribution in [0.25, 0.3) is 0 Å². The maximum atomic E-state index is 12.1. The van der Waals surface area contributed by atoms with Crippen LogP contribution in [0.3, 0.4) is 0 Å². The molecule has 1 fully saturated rings. The van der Waals surface area contributed by atoms with E-state index in [1.807, 2.05) is 38.1 Å². The maximum absolute atomic E-state index is 12.1. The van der Waals surface area contributed by atoms with E-state index < -0.39 is 0 Å². The first-order valence-corrected chi connectivity index (χ1v) is 7.21. The Kier molecular flexibility index (Phi) is 4.42. The van der Waals surface area contributed by atoms with E-state index in [2.05, 4.69) is 12.2 Å². The minimum Gasteiger partial charge on any atom is -0.354 e. The Morgan fingerprint density at radius 2 is 2.00 bits per heavy atom. The molecule has 20 heavy (non-hydrogen) atoms. The van der Waals surface area contributed by atoms with Crippen molar-refractivity contribution < 1.29 is 9.59 Å². The molecule has 0 aromatic heterocycles. The van der Waals surface area contributed by atoms with E-state index in [4.69, 9.17) is 0 Å². The second-order valence-corrected chi connectivity index (χ2v) is 5.59. The fraction of sp³-hybridized carbons (Fsp3) is 0.500. The van der Waals surface area contributed by atoms with Gasteiger partial charge in [0.25, 0.3) is 0 Å². The van der Waals surface area contributed by atoms with Gasteiger partial charge in [0.05, 0.1) is 5.92 Å². The van der Waals surface area contributed by atoms with E-state index in [1.54, 1.807) is 4.90 Å². The standard InChI is InChI=1S/C16H22N2O2/c1-4-12-5-7-14(8-6-12)18-10-13(9-15(18)19)16(20)17-11(2)3/h5-8,11,13H,4,9-10H2,1-3H3,(H,17,20). The summed E-state index contributed by atoms with van der Waals surface area (Å²) >= 11 is 0. The normalized spacial score (nSPS) is 18.7. The molecule has 2 rings (SSSR count). The maximum Gasteiger partial charge on any atom is 0.227 e. The monoisotopic (exact) mass is 274 g/mol. The molecule has 1 heterocycles. The fourth-order valence-corrected chi connectivity index (χ4v) is 2.45. The fourth-order valence-electron chi connectivity index (χ4n) is 2.45. The Hall–Kier alpha value is -1.84. The Morgan fingerprint density at radius 1 is 1.35 bits per heavy atom. The second kappa shape index (κ2) is 6.07. The van der Waals surface area contributed by atoms with Crippen LogP contribution >= 0.6 is 0 Å². The number of amides is 2. The Labute approximate surface area is 120 Å². The van der Waals surface area contributed by atoms with Crippen molar-refractivity contribution in [2.24, 2.45) is 5.92 Å². The number of carbonyl (C=O) groups excluding carboxylic acids is 2. The number of nitrogens with one attached hydrogen (secondary N) is 1. The highest BCUT2D eigenvalue weighted by molar-refractivity contribution is 6.00. The summed E-state index contributed by atoms with van der Waals surface area (Å²) < 4.78 is 0. The van der Waals surface area contributed by atoms with Gasteiger partial charge in [-0.1, -0.05) is 19.1 Å². The highest BCUT2D eigenvalue weighted by atomic mass is 16.2. The predicted molar refractivity (Wildman–Crippen MR) is 79.6 cm³/mol. The van der Waals surface area contributed by atoms with Crippen molar-refractivity contribution in [3.05, 3.63) is 29.8 Å². The van der Waals surface area contributed by atoms with Crippen LogP contribution in [-0.4, -0.2) is 24.4 Å². The third-order valence-corrected chi connectivity index (χ3v) is 3.58. The number of hydrogen-bond acceptors (Lipinski definition) is 2. The first-order chi connectivity index (χ1) is 9.51. The molecular weight excluding hydrogens is 252 g/mol. The molecule has 1 aromatic rings. The van der Waals surface area contributed by atoms with Gasteiger partial charge in [-0.2, -0.15) is 0 Å². The van der Waals surface area contributed by atoms with Crippen molar-refractivity contribution in [3.63, 3.8) is 0 Å². The Balaban J connectivity index is 2.06. The molecule has 1 saturated heterocycles. The zero-order valence-corrected chi connectivity index (χ0v) is 12.3. The number of rotatable bonds is 4. The van der Waals surface area contributed by atoms with Gasteiger partial charge in [-0.3, -0.25) is 9.59 Å². The van der Waals surface area contributed by atoms with Gasteiger partial charge in [0.2, 0.25) is 11.8 Å². The minimum atomic E-state index is -0.240. The van der Waals surface area contributed by atoms with Gasteiger partial charge in [-0.05, 0) is 38.0 Å². The molecule has 1 aliphatic heterocycles. The highest BCUT2D eigenvalue weighted by Gasteiger charge is 2.35. The number of anilines is 1. The van der Waals surface area contributed by atoms with Crippen molar-refractivity contribution >= 4 is 17.5 Å². The number of benzene rings is 1. The number of aryl methyl sites for hydroxylation is 1. The summed E-state index contributed by atoms with van der Waals surface area (Å²) in [6, 6.07) is 8.09. The largest absolute Gasteiger partial charge is 0.354 e. The van der Waals surface area contributed by atoms with Crippen LogP contribution in [0.15, 0.2) is 24.3 Å². The van der Waals surface area contributed by atoms with Gasteiger partial charge < -0.3 is 10.2 Å². The van der Waals surface area contributed by atoms with Crippen LogP contribution in [0.1, 0.15) is 32.8 Å². The molecule has 0 radical (unpaired) electrons. The van der Waals surface area contributed by atoms with Crippen molar-refractivity contribution in [3.8, 4) is 0 Å². The summed E-state index contributed by atoms with van der Waals surface area (Å²) in [6.45, 7) is 6.43. The molecule has 0 spiro atoms. The van der Waals surface area contributed by atoms with Crippen LogP contribution in [0.2, 0.25) is 0 Å². The topological polar surface area (TPSA) is 49.4 Å². The van der Waals surface area contributed by atoms with E-state index in [9.17, 15) is 9.59 Å². The zero-order valence-electron chi connectivity index (χ0n) is 12.3.